The van der Waals surface area contributed by atoms with Crippen LogP contribution < -0.4 is 21.7 Å². The fourth-order valence-corrected chi connectivity index (χ4v) is 4.46. The van der Waals surface area contributed by atoms with Crippen LogP contribution in [0.1, 0.15) is 23.7 Å². The Hall–Kier alpha value is -4.97. The number of para-hydroxylation sites is 1. The number of amides is 3. The maximum Gasteiger partial charge on any atom is 0.326 e. The normalized spacial score (nSPS) is 14.0. The van der Waals surface area contributed by atoms with Gasteiger partial charge in [0, 0.05) is 41.8 Å². The Balaban J connectivity index is 1.39. The molecule has 2 heterocycles. The summed E-state index contributed by atoms with van der Waals surface area (Å²) in [6, 6.07) is 12.4. The first-order valence-electron chi connectivity index (χ1n) is 13.2. The number of nitrogens with one attached hydrogen (secondary N) is 5. The highest BCUT2D eigenvalue weighted by molar-refractivity contribution is 5.94. The molecule has 41 heavy (non-hydrogen) atoms. The van der Waals surface area contributed by atoms with Gasteiger partial charge in [-0.1, -0.05) is 48.5 Å². The van der Waals surface area contributed by atoms with Crippen molar-refractivity contribution in [2.75, 3.05) is 0 Å². The van der Waals surface area contributed by atoms with Crippen molar-refractivity contribution in [2.45, 2.75) is 50.4 Å². The summed E-state index contributed by atoms with van der Waals surface area (Å²) in [4.78, 5) is 60.9. The lowest BCUT2D eigenvalue weighted by Crippen LogP contribution is -2.57. The monoisotopic (exact) mass is 559 g/mol. The molecule has 4 atom stereocenters. The van der Waals surface area contributed by atoms with Gasteiger partial charge < -0.3 is 36.8 Å². The fourth-order valence-electron chi connectivity index (χ4n) is 4.46. The van der Waals surface area contributed by atoms with Gasteiger partial charge in [0.15, 0.2) is 0 Å². The summed E-state index contributed by atoms with van der Waals surface area (Å²) >= 11 is 0. The number of hydrogen-bond donors (Lipinski definition) is 7. The zero-order valence-electron chi connectivity index (χ0n) is 22.5. The largest absolute Gasteiger partial charge is 0.480 e. The minimum atomic E-state index is -1.22. The third-order valence-corrected chi connectivity index (χ3v) is 6.71. The zero-order valence-corrected chi connectivity index (χ0v) is 22.5. The van der Waals surface area contributed by atoms with Crippen molar-refractivity contribution in [1.82, 2.24) is 30.9 Å². The van der Waals surface area contributed by atoms with E-state index in [2.05, 4.69) is 30.9 Å². The number of carbonyl (C=O) groups excluding carboxylic acids is 3. The van der Waals surface area contributed by atoms with Crippen LogP contribution in [0.5, 0.6) is 0 Å². The fraction of sp³-hybridized carbons (Fsp3) is 0.276. The third kappa shape index (κ3) is 7.79. The van der Waals surface area contributed by atoms with Gasteiger partial charge in [-0.3, -0.25) is 14.4 Å². The average Bonchev–Trinajstić information content (AvgIpc) is 3.62. The second-order valence-corrected chi connectivity index (χ2v) is 9.83. The minimum absolute atomic E-state index is 0.0452. The van der Waals surface area contributed by atoms with Gasteiger partial charge in [-0.25, -0.2) is 9.78 Å². The molecular formula is C29H33N7O5. The number of carbonyl (C=O) groups is 4. The number of nitrogens with zero attached hydrogens (tertiary/aromatic N) is 1. The van der Waals surface area contributed by atoms with Crippen LogP contribution in [0, 0.1) is 0 Å². The van der Waals surface area contributed by atoms with Gasteiger partial charge in [0.1, 0.15) is 18.1 Å². The lowest BCUT2D eigenvalue weighted by molar-refractivity contribution is -0.142. The van der Waals surface area contributed by atoms with Crippen LogP contribution >= 0.6 is 0 Å². The molecule has 12 nitrogen and oxygen atoms in total. The lowest BCUT2D eigenvalue weighted by atomic mass is 10.0. The van der Waals surface area contributed by atoms with Crippen LogP contribution in [0.4, 0.5) is 0 Å². The Bertz CT molecular complexity index is 1490. The van der Waals surface area contributed by atoms with Gasteiger partial charge in [-0.2, -0.15) is 0 Å². The number of carboxylic acids is 1. The van der Waals surface area contributed by atoms with E-state index in [1.165, 1.54) is 19.4 Å². The van der Waals surface area contributed by atoms with Gasteiger partial charge in [0.25, 0.3) is 0 Å². The standard InChI is InChI=1S/C29H33N7O5/c1-17(26(37)36-25(29(40)41)12-19-14-32-23-10-6-5-9-21(19)23)34-28(39)24(13-20-15-31-16-33-20)35-27(38)22(30)11-18-7-3-2-4-8-18/h2-10,14-17,22,24-25,32H,11-13,30H2,1H3,(H,31,33)(H,34,39)(H,35,38)(H,36,37)(H,40,41). The maximum absolute atomic E-state index is 13.2. The van der Waals surface area contributed by atoms with Crippen LogP contribution in [0.15, 0.2) is 73.3 Å². The first-order valence-corrected chi connectivity index (χ1v) is 13.2. The topological polar surface area (TPSA) is 195 Å². The number of H-pyrrole nitrogens is 2. The Labute approximate surface area is 236 Å². The third-order valence-electron chi connectivity index (χ3n) is 6.71. The van der Waals surface area contributed by atoms with Crippen molar-refractivity contribution in [3.63, 3.8) is 0 Å². The molecule has 8 N–H and O–H groups in total. The van der Waals surface area contributed by atoms with E-state index in [9.17, 15) is 24.3 Å². The molecule has 0 radical (unpaired) electrons. The molecule has 3 amide bonds. The molecule has 2 aromatic carbocycles. The molecule has 12 heteroatoms. The minimum Gasteiger partial charge on any atom is -0.480 e. The Morgan fingerprint density at radius 1 is 0.854 bits per heavy atom. The summed E-state index contributed by atoms with van der Waals surface area (Å²) in [5, 5.41) is 18.4. The molecule has 214 valence electrons. The summed E-state index contributed by atoms with van der Waals surface area (Å²) in [6.07, 6.45) is 5.07. The predicted octanol–water partition coefficient (Wildman–Crippen LogP) is 0.805. The van der Waals surface area contributed by atoms with Crippen LogP contribution in [-0.2, 0) is 38.4 Å². The van der Waals surface area contributed by atoms with Gasteiger partial charge in [0.05, 0.1) is 12.4 Å². The van der Waals surface area contributed by atoms with Crippen LogP contribution in [0.25, 0.3) is 10.9 Å². The van der Waals surface area contributed by atoms with E-state index in [0.29, 0.717) is 5.69 Å². The number of hydrogen-bond acceptors (Lipinski definition) is 6. The van der Waals surface area contributed by atoms with Crippen molar-refractivity contribution in [1.29, 1.82) is 0 Å². The number of fused-ring (bicyclic) bond motifs is 1. The summed E-state index contributed by atoms with van der Waals surface area (Å²) in [5.74, 6) is -3.06. The highest BCUT2D eigenvalue weighted by Crippen LogP contribution is 2.19. The van der Waals surface area contributed by atoms with Crippen molar-refractivity contribution < 1.29 is 24.3 Å². The van der Waals surface area contributed by atoms with Crippen LogP contribution in [-0.4, -0.2) is 67.9 Å². The van der Waals surface area contributed by atoms with E-state index < -0.39 is 47.9 Å². The van der Waals surface area contributed by atoms with Gasteiger partial charge in [0.2, 0.25) is 17.7 Å². The number of benzene rings is 2. The molecule has 0 saturated carbocycles. The Kier molecular flexibility index (Phi) is 9.48. The first-order chi connectivity index (χ1) is 19.7. The van der Waals surface area contributed by atoms with Crippen molar-refractivity contribution in [2.24, 2.45) is 5.73 Å². The molecule has 0 aliphatic carbocycles. The lowest BCUT2D eigenvalue weighted by Gasteiger charge is -2.23. The van der Waals surface area contributed by atoms with E-state index in [-0.39, 0.29) is 19.3 Å². The first kappa shape index (κ1) is 29.0. The van der Waals surface area contributed by atoms with E-state index in [0.717, 1.165) is 22.0 Å². The molecule has 0 aliphatic heterocycles. The van der Waals surface area contributed by atoms with E-state index in [1.54, 1.807) is 6.20 Å². The quantitative estimate of drug-likeness (QED) is 0.126. The summed E-state index contributed by atoms with van der Waals surface area (Å²) in [7, 11) is 0. The second-order valence-electron chi connectivity index (χ2n) is 9.83. The van der Waals surface area contributed by atoms with Crippen molar-refractivity contribution >= 4 is 34.6 Å². The van der Waals surface area contributed by atoms with Crippen molar-refractivity contribution in [3.05, 3.63) is 90.1 Å². The maximum atomic E-state index is 13.2. The summed E-state index contributed by atoms with van der Waals surface area (Å²) in [5.41, 5.74) is 9.16. The number of carboxylic acid groups (broad SMARTS) is 1. The van der Waals surface area contributed by atoms with Crippen molar-refractivity contribution in [3.8, 4) is 0 Å². The summed E-state index contributed by atoms with van der Waals surface area (Å²) in [6.45, 7) is 1.44. The molecule has 4 unspecified atom stereocenters. The zero-order chi connectivity index (χ0) is 29.4. The van der Waals surface area contributed by atoms with Gasteiger partial charge in [-0.15, -0.1) is 0 Å². The molecule has 4 aromatic rings. The summed E-state index contributed by atoms with van der Waals surface area (Å²) < 4.78 is 0. The van der Waals surface area contributed by atoms with E-state index >= 15 is 0 Å². The average molecular weight is 560 g/mol. The van der Waals surface area contributed by atoms with Gasteiger partial charge in [-0.05, 0) is 30.5 Å². The van der Waals surface area contributed by atoms with E-state index in [1.807, 2.05) is 54.6 Å². The second kappa shape index (κ2) is 13.4. The molecule has 0 spiro atoms. The molecule has 0 bridgehead atoms. The number of aliphatic carboxylic acids is 1. The smallest absolute Gasteiger partial charge is 0.326 e. The van der Waals surface area contributed by atoms with Gasteiger partial charge >= 0.3 is 5.97 Å². The molecule has 0 aliphatic rings. The number of rotatable bonds is 13. The molecule has 0 saturated heterocycles. The van der Waals surface area contributed by atoms with Crippen LogP contribution in [0.3, 0.4) is 0 Å². The Morgan fingerprint density at radius 3 is 2.27 bits per heavy atom. The SMILES string of the molecule is CC(NC(=O)C(Cc1cnc[nH]1)NC(=O)C(N)Cc1ccccc1)C(=O)NC(Cc1c[nH]c2ccccc12)C(=O)O. The predicted molar refractivity (Wildman–Crippen MR) is 152 cm³/mol. The number of aromatic amines is 2. The molecule has 2 aromatic heterocycles. The number of aromatic nitrogens is 3. The number of nitrogens with two attached hydrogens (primary N) is 1. The molecule has 4 rings (SSSR count). The highest BCUT2D eigenvalue weighted by Gasteiger charge is 2.29. The van der Waals surface area contributed by atoms with Crippen LogP contribution in [0.2, 0.25) is 0 Å². The molecular weight excluding hydrogens is 526 g/mol. The number of imidazole rings is 1. The highest BCUT2D eigenvalue weighted by atomic mass is 16.4. The van der Waals surface area contributed by atoms with E-state index in [4.69, 9.17) is 5.73 Å². The Morgan fingerprint density at radius 2 is 1.56 bits per heavy atom. The molecule has 0 fully saturated rings.